The van der Waals surface area contributed by atoms with E-state index in [9.17, 15) is 4.79 Å². The van der Waals surface area contributed by atoms with E-state index in [0.717, 1.165) is 13.0 Å². The minimum Gasteiger partial charge on any atom is -0.336 e. The number of rotatable bonds is 5. The van der Waals surface area contributed by atoms with Crippen molar-refractivity contribution in [2.75, 3.05) is 33.7 Å². The van der Waals surface area contributed by atoms with E-state index in [1.807, 2.05) is 0 Å². The van der Waals surface area contributed by atoms with Gasteiger partial charge in [0, 0.05) is 25.2 Å². The summed E-state index contributed by atoms with van der Waals surface area (Å²) in [7, 11) is 4.11. The third-order valence-corrected chi connectivity index (χ3v) is 5.88. The van der Waals surface area contributed by atoms with Crippen molar-refractivity contribution >= 4 is 17.4 Å². The molecular formula is C17H28N4OS. The van der Waals surface area contributed by atoms with E-state index in [0.29, 0.717) is 18.6 Å². The number of piperidine rings is 1. The molecule has 6 heteroatoms. The standard InChI is InChI=1S/C17H28N4OS/c1-20(2)16(13-7-10-23-12-13)11-18-17(22)19-14-6-9-21-8-4-3-5-15(14)21/h7,10,12,14-16H,3-6,8-9,11H2,1-2H3,(H2,18,19,22)/t14-,15+,16+/m0/s1. The molecule has 1 aromatic rings. The van der Waals surface area contributed by atoms with Crippen LogP contribution in [0.5, 0.6) is 0 Å². The van der Waals surface area contributed by atoms with Crippen LogP contribution in [0.3, 0.4) is 0 Å². The predicted molar refractivity (Wildman–Crippen MR) is 94.9 cm³/mol. The molecule has 0 spiro atoms. The van der Waals surface area contributed by atoms with Gasteiger partial charge in [0.1, 0.15) is 0 Å². The minimum atomic E-state index is -0.0236. The largest absolute Gasteiger partial charge is 0.336 e. The van der Waals surface area contributed by atoms with Crippen LogP contribution in [0.4, 0.5) is 4.79 Å². The smallest absolute Gasteiger partial charge is 0.315 e. The van der Waals surface area contributed by atoms with Crippen LogP contribution in [0.25, 0.3) is 0 Å². The van der Waals surface area contributed by atoms with Gasteiger partial charge in [0.15, 0.2) is 0 Å². The van der Waals surface area contributed by atoms with Gasteiger partial charge in [-0.15, -0.1) is 0 Å². The maximum atomic E-state index is 12.3. The van der Waals surface area contributed by atoms with Gasteiger partial charge in [-0.25, -0.2) is 4.79 Å². The summed E-state index contributed by atoms with van der Waals surface area (Å²) in [6, 6.07) is 3.20. The molecule has 128 valence electrons. The average Bonchev–Trinajstić information content (AvgIpc) is 3.18. The first-order chi connectivity index (χ1) is 11.1. The van der Waals surface area contributed by atoms with Gasteiger partial charge < -0.3 is 15.5 Å². The third kappa shape index (κ3) is 4.05. The van der Waals surface area contributed by atoms with Gasteiger partial charge in [-0.05, 0) is 62.3 Å². The fraction of sp³-hybridized carbons (Fsp3) is 0.706. The topological polar surface area (TPSA) is 47.6 Å². The summed E-state index contributed by atoms with van der Waals surface area (Å²) in [6.45, 7) is 2.97. The molecule has 0 saturated carbocycles. The second-order valence-electron chi connectivity index (χ2n) is 6.88. The van der Waals surface area contributed by atoms with Crippen LogP contribution in [0, 0.1) is 0 Å². The number of nitrogens with zero attached hydrogens (tertiary/aromatic N) is 2. The zero-order chi connectivity index (χ0) is 16.2. The van der Waals surface area contributed by atoms with Crippen LogP contribution in [0.2, 0.25) is 0 Å². The van der Waals surface area contributed by atoms with Crippen LogP contribution in [-0.4, -0.2) is 61.6 Å². The summed E-state index contributed by atoms with van der Waals surface area (Å²) in [4.78, 5) is 17.0. The molecule has 0 radical (unpaired) electrons. The number of urea groups is 1. The Labute approximate surface area is 143 Å². The second-order valence-corrected chi connectivity index (χ2v) is 7.66. The van der Waals surface area contributed by atoms with Crippen LogP contribution in [-0.2, 0) is 0 Å². The van der Waals surface area contributed by atoms with Gasteiger partial charge in [0.2, 0.25) is 0 Å². The fourth-order valence-corrected chi connectivity index (χ4v) is 4.59. The lowest BCUT2D eigenvalue weighted by atomic mass is 9.99. The van der Waals surface area contributed by atoms with Gasteiger partial charge in [-0.1, -0.05) is 6.42 Å². The quantitative estimate of drug-likeness (QED) is 0.867. The number of amides is 2. The Morgan fingerprint density at radius 1 is 1.39 bits per heavy atom. The number of likely N-dealkylation sites (N-methyl/N-ethyl adjacent to an activating group) is 1. The van der Waals surface area contributed by atoms with Crippen LogP contribution < -0.4 is 10.6 Å². The summed E-state index contributed by atoms with van der Waals surface area (Å²) in [5.74, 6) is 0. The van der Waals surface area contributed by atoms with Crippen molar-refractivity contribution in [3.63, 3.8) is 0 Å². The molecule has 1 aromatic heterocycles. The van der Waals surface area contributed by atoms with Crippen molar-refractivity contribution in [3.05, 3.63) is 22.4 Å². The van der Waals surface area contributed by atoms with Gasteiger partial charge in [0.05, 0.1) is 6.04 Å². The van der Waals surface area contributed by atoms with Crippen molar-refractivity contribution in [2.45, 2.75) is 43.8 Å². The Balaban J connectivity index is 1.49. The molecule has 2 aliphatic rings. The molecule has 0 unspecified atom stereocenters. The van der Waals surface area contributed by atoms with E-state index < -0.39 is 0 Å². The van der Waals surface area contributed by atoms with Gasteiger partial charge in [0.25, 0.3) is 0 Å². The highest BCUT2D eigenvalue weighted by Crippen LogP contribution is 2.27. The molecule has 0 bridgehead atoms. The second kappa shape index (κ2) is 7.64. The number of fused-ring (bicyclic) bond motifs is 1. The van der Waals surface area contributed by atoms with Crippen molar-refractivity contribution in [1.82, 2.24) is 20.4 Å². The maximum absolute atomic E-state index is 12.3. The molecule has 2 fully saturated rings. The fourth-order valence-electron chi connectivity index (χ4n) is 3.89. The molecule has 3 atom stereocenters. The van der Waals surface area contributed by atoms with E-state index in [-0.39, 0.29) is 12.1 Å². The lowest BCUT2D eigenvalue weighted by Gasteiger charge is -2.32. The zero-order valence-corrected chi connectivity index (χ0v) is 14.9. The molecule has 2 amide bonds. The summed E-state index contributed by atoms with van der Waals surface area (Å²) < 4.78 is 0. The van der Waals surface area contributed by atoms with Crippen molar-refractivity contribution < 1.29 is 4.79 Å². The number of thiophene rings is 1. The molecule has 0 aliphatic carbocycles. The Morgan fingerprint density at radius 2 is 2.26 bits per heavy atom. The minimum absolute atomic E-state index is 0.0236. The lowest BCUT2D eigenvalue weighted by Crippen LogP contribution is -2.50. The number of carbonyl (C=O) groups excluding carboxylic acids is 1. The highest BCUT2D eigenvalue weighted by molar-refractivity contribution is 7.07. The lowest BCUT2D eigenvalue weighted by molar-refractivity contribution is 0.178. The molecule has 2 aliphatic heterocycles. The van der Waals surface area contributed by atoms with E-state index in [2.05, 4.69) is 51.4 Å². The van der Waals surface area contributed by atoms with E-state index in [1.165, 1.54) is 31.4 Å². The average molecular weight is 337 g/mol. The highest BCUT2D eigenvalue weighted by atomic mass is 32.1. The van der Waals surface area contributed by atoms with Crippen LogP contribution in [0.15, 0.2) is 16.8 Å². The molecule has 3 heterocycles. The molecule has 23 heavy (non-hydrogen) atoms. The van der Waals surface area contributed by atoms with E-state index in [4.69, 9.17) is 0 Å². The zero-order valence-electron chi connectivity index (χ0n) is 14.1. The number of nitrogens with one attached hydrogen (secondary N) is 2. The first-order valence-corrected chi connectivity index (χ1v) is 9.56. The highest BCUT2D eigenvalue weighted by Gasteiger charge is 2.36. The Morgan fingerprint density at radius 3 is 3.00 bits per heavy atom. The monoisotopic (exact) mass is 336 g/mol. The third-order valence-electron chi connectivity index (χ3n) is 5.18. The molecular weight excluding hydrogens is 308 g/mol. The normalized spacial score (nSPS) is 26.0. The van der Waals surface area contributed by atoms with E-state index in [1.54, 1.807) is 11.3 Å². The van der Waals surface area contributed by atoms with E-state index >= 15 is 0 Å². The van der Waals surface area contributed by atoms with Crippen LogP contribution >= 0.6 is 11.3 Å². The first kappa shape index (κ1) is 16.7. The maximum Gasteiger partial charge on any atom is 0.315 e. The Hall–Kier alpha value is -1.11. The molecule has 2 saturated heterocycles. The van der Waals surface area contributed by atoms with Crippen LogP contribution in [0.1, 0.15) is 37.3 Å². The predicted octanol–water partition coefficient (Wildman–Crippen LogP) is 2.28. The SMILES string of the molecule is CN(C)[C@H](CNC(=O)N[C@H]1CCN2CCCC[C@H]12)c1ccsc1. The summed E-state index contributed by atoms with van der Waals surface area (Å²) in [5.41, 5.74) is 1.26. The summed E-state index contributed by atoms with van der Waals surface area (Å²) in [5, 5.41) is 10.5. The van der Waals surface area contributed by atoms with Gasteiger partial charge >= 0.3 is 6.03 Å². The number of carbonyl (C=O) groups is 1. The van der Waals surface area contributed by atoms with Crippen molar-refractivity contribution in [2.24, 2.45) is 0 Å². The van der Waals surface area contributed by atoms with Crippen molar-refractivity contribution in [3.8, 4) is 0 Å². The molecule has 5 nitrogen and oxygen atoms in total. The number of hydrogen-bond donors (Lipinski definition) is 2. The Kier molecular flexibility index (Phi) is 5.56. The molecule has 3 rings (SSSR count). The summed E-state index contributed by atoms with van der Waals surface area (Å²) >= 11 is 1.70. The molecule has 2 N–H and O–H groups in total. The van der Waals surface area contributed by atoms with Gasteiger partial charge in [-0.3, -0.25) is 4.90 Å². The molecule has 0 aromatic carbocycles. The first-order valence-electron chi connectivity index (χ1n) is 8.62. The summed E-state index contributed by atoms with van der Waals surface area (Å²) in [6.07, 6.45) is 4.91. The number of hydrogen-bond acceptors (Lipinski definition) is 4. The van der Waals surface area contributed by atoms with Gasteiger partial charge in [-0.2, -0.15) is 11.3 Å². The van der Waals surface area contributed by atoms with Crippen molar-refractivity contribution in [1.29, 1.82) is 0 Å². The Bertz CT molecular complexity index is 505.